The van der Waals surface area contributed by atoms with Gasteiger partial charge in [-0.25, -0.2) is 0 Å². The zero-order chi connectivity index (χ0) is 93.4. The highest BCUT2D eigenvalue weighted by Gasteiger charge is 2.51. The summed E-state index contributed by atoms with van der Waals surface area (Å²) < 4.78 is 5.47. The van der Waals surface area contributed by atoms with Gasteiger partial charge in [0.2, 0.25) is 0 Å². The first-order valence-electron chi connectivity index (χ1n) is 49.0. The van der Waals surface area contributed by atoms with Crippen LogP contribution < -0.4 is 60.8 Å². The lowest BCUT2D eigenvalue weighted by molar-refractivity contribution is 0.332. The quantitative estimate of drug-likeness (QED) is 0.106. The summed E-state index contributed by atoms with van der Waals surface area (Å²) in [4.78, 5) is 15.7. The summed E-state index contributed by atoms with van der Waals surface area (Å²) in [5.74, 6) is 0. The zero-order valence-electron chi connectivity index (χ0n) is 82.6. The normalized spacial score (nSPS) is 16.0. The van der Waals surface area contributed by atoms with E-state index in [1.165, 1.54) is 153 Å². The molecule has 14 aromatic carbocycles. The molecule has 0 saturated carbocycles. The molecule has 0 atom stereocenters. The van der Waals surface area contributed by atoms with Crippen molar-refractivity contribution in [2.45, 2.75) is 233 Å². The first-order valence-corrected chi connectivity index (χ1v) is 50.6. The molecule has 6 aliphatic rings. The predicted octanol–water partition coefficient (Wildman–Crippen LogP) is 31.6. The third-order valence-electron chi connectivity index (χ3n) is 31.2. The van der Waals surface area contributed by atoms with Gasteiger partial charge in [0.05, 0.1) is 22.7 Å². The molecule has 6 nitrogen and oxygen atoms in total. The number of hydrogen-bond acceptors (Lipinski definition) is 8. The van der Waals surface area contributed by atoms with E-state index in [0.29, 0.717) is 0 Å². The molecule has 0 saturated heterocycles. The van der Waals surface area contributed by atoms with Crippen molar-refractivity contribution >= 4 is 190 Å². The maximum Gasteiger partial charge on any atom is 0.264 e. The van der Waals surface area contributed by atoms with Crippen LogP contribution in [0.25, 0.3) is 20.2 Å². The van der Waals surface area contributed by atoms with E-state index in [-0.39, 0.29) is 56.7 Å². The maximum absolute atomic E-state index is 2.71. The third-order valence-corrected chi connectivity index (χ3v) is 33.7. The van der Waals surface area contributed by atoms with Gasteiger partial charge in [0, 0.05) is 109 Å². The van der Waals surface area contributed by atoms with E-state index >= 15 is 0 Å². The molecule has 670 valence electrons. The van der Waals surface area contributed by atoms with Crippen molar-refractivity contribution in [3.63, 3.8) is 0 Å². The van der Waals surface area contributed by atoms with E-state index in [2.05, 4.69) is 485 Å². The maximum atomic E-state index is 2.71. The Labute approximate surface area is 805 Å². The van der Waals surface area contributed by atoms with E-state index in [4.69, 9.17) is 0 Å². The number of anilines is 18. The van der Waals surface area contributed by atoms with Gasteiger partial charge < -0.3 is 29.4 Å². The molecular formula is C124H126B2N6S2. The second kappa shape index (κ2) is 31.0. The summed E-state index contributed by atoms with van der Waals surface area (Å²) in [6, 6.07) is 119. The molecule has 0 fully saturated rings. The van der Waals surface area contributed by atoms with Crippen LogP contribution >= 0.6 is 22.7 Å². The average Bonchev–Trinajstić information content (AvgIpc) is 1.41. The Morgan fingerprint density at radius 1 is 0.276 bits per heavy atom. The van der Waals surface area contributed by atoms with Gasteiger partial charge in [-0.05, 0) is 316 Å². The first kappa shape index (κ1) is 87.3. The van der Waals surface area contributed by atoms with Crippen LogP contribution in [0, 0.1) is 0 Å². The van der Waals surface area contributed by atoms with Gasteiger partial charge in [-0.15, -0.1) is 22.7 Å². The molecule has 0 amide bonds. The summed E-state index contributed by atoms with van der Waals surface area (Å²) in [6.45, 7) is 52.8. The highest BCUT2D eigenvalue weighted by Crippen LogP contribution is 2.59. The van der Waals surface area contributed by atoms with Crippen molar-refractivity contribution in [2.75, 3.05) is 29.4 Å². The third kappa shape index (κ3) is 14.4. The highest BCUT2D eigenvalue weighted by atomic mass is 32.1. The van der Waals surface area contributed by atoms with E-state index in [0.717, 1.165) is 89.0 Å². The number of nitrogens with zero attached hydrogens (tertiary/aromatic N) is 6. The van der Waals surface area contributed by atoms with Crippen molar-refractivity contribution in [1.82, 2.24) is 0 Å². The second-order valence-corrected chi connectivity index (χ2v) is 49.1. The van der Waals surface area contributed by atoms with Crippen LogP contribution in [0.5, 0.6) is 0 Å². The Morgan fingerprint density at radius 3 is 0.955 bits per heavy atom. The molecule has 4 aliphatic heterocycles. The van der Waals surface area contributed by atoms with Crippen molar-refractivity contribution in [1.29, 1.82) is 0 Å². The molecule has 134 heavy (non-hydrogen) atoms. The summed E-state index contributed by atoms with van der Waals surface area (Å²) in [5.41, 5.74) is 39.3. The van der Waals surface area contributed by atoms with Gasteiger partial charge in [0.15, 0.2) is 0 Å². The molecule has 16 aromatic rings. The zero-order valence-corrected chi connectivity index (χ0v) is 84.2. The van der Waals surface area contributed by atoms with Crippen LogP contribution in [0.4, 0.5) is 102 Å². The minimum atomic E-state index is -0.395. The Balaban J connectivity index is 0.749. The number of rotatable bonds is 13. The summed E-state index contributed by atoms with van der Waals surface area (Å²) in [6.07, 6.45) is 5.33. The van der Waals surface area contributed by atoms with Crippen molar-refractivity contribution in [2.24, 2.45) is 0 Å². The topological polar surface area (TPSA) is 19.4 Å². The largest absolute Gasteiger partial charge is 0.311 e. The van der Waals surface area contributed by atoms with Gasteiger partial charge in [0.25, 0.3) is 13.4 Å². The molecular weight excluding hydrogens is 1660 g/mol. The van der Waals surface area contributed by atoms with Gasteiger partial charge in [0.1, 0.15) is 0 Å². The Kier molecular flexibility index (Phi) is 20.2. The Morgan fingerprint density at radius 2 is 0.582 bits per heavy atom. The summed E-state index contributed by atoms with van der Waals surface area (Å²) >= 11 is 4.07. The molecule has 2 aliphatic carbocycles. The standard InChI is InChI=1S/C124H126B2N6S2/c1-116(2,3)79-46-54-88(55-47-79)129-102-60-52-82(119(10,11)12)67-100(102)125-110-105(129)70-93(72-106(110)131(87-43-33-26-34-44-87)112-94-73-96-98(75-108(94)133-114(112)125)122(17,18)64-62-120(96,13)14)128(86-41-31-25-32-42-86)91-45-35-36-78(66-91)77-124(21,22)83-53-61-103-101(68-83)126-111-104(130(103)89-56-48-80(49-57-89)117(4,5)6)69-92(127(84-37-27-23-28-38-84)85-39-29-24-30-40-85)71-107(111)132(90-58-50-81(51-59-90)118(7,8)9)113-95-74-97-99(76-109(95)134-115(113)126)123(19,20)65-63-121(97,15)16/h23-61,66-76H,62-65,77H2,1-22H3. The van der Waals surface area contributed by atoms with Gasteiger partial charge in [-0.1, -0.05) is 298 Å². The van der Waals surface area contributed by atoms with Gasteiger partial charge >= 0.3 is 0 Å². The summed E-state index contributed by atoms with van der Waals surface area (Å²) in [5, 5.41) is 2.66. The lowest BCUT2D eigenvalue weighted by Gasteiger charge is -2.45. The molecule has 22 rings (SSSR count). The first-order chi connectivity index (χ1) is 63.7. The van der Waals surface area contributed by atoms with Gasteiger partial charge in [-0.2, -0.15) is 0 Å². The SMILES string of the molecule is CC(C)(C)c1ccc(N2c3ccc(C(C)(C)C)cc3B3c4sc5cc6c(cc5c4N(c4ccccc4)c4cc(N(c5ccccc5)c5cccc(CC(C)(C)c7ccc8c(c7)B7c9sc%10cc%11c(cc%10c9N(c9ccc(C(C)(C)C)cc9)c9cc(N(c%10ccccc%10)c%10ccccc%10)cc(c97)N8c7ccc(C(C)(C)C)cc7)C(C)(C)CCC%11(C)C)c5)cc2c43)C(C)(C)CCC6(C)C)cc1. The van der Waals surface area contributed by atoms with Crippen LogP contribution in [-0.2, 0) is 55.2 Å². The van der Waals surface area contributed by atoms with Crippen LogP contribution in [-0.4, -0.2) is 13.4 Å². The van der Waals surface area contributed by atoms with E-state index in [9.17, 15) is 0 Å². The fourth-order valence-corrected chi connectivity index (χ4v) is 25.9. The van der Waals surface area contributed by atoms with Crippen LogP contribution in [0.3, 0.4) is 0 Å². The Bertz CT molecular complexity index is 7320. The molecule has 2 aromatic heterocycles. The number of benzene rings is 14. The van der Waals surface area contributed by atoms with Crippen molar-refractivity contribution < 1.29 is 0 Å². The van der Waals surface area contributed by atoms with Crippen LogP contribution in [0.2, 0.25) is 0 Å². The van der Waals surface area contributed by atoms with Crippen LogP contribution in [0.1, 0.15) is 234 Å². The monoisotopic (exact) mass is 1780 g/mol. The molecule has 10 heteroatoms. The average molecular weight is 1790 g/mol. The highest BCUT2D eigenvalue weighted by molar-refractivity contribution is 7.34. The van der Waals surface area contributed by atoms with Gasteiger partial charge in [-0.3, -0.25) is 0 Å². The van der Waals surface area contributed by atoms with E-state index in [1.54, 1.807) is 0 Å². The molecule has 0 spiro atoms. The molecule has 0 N–H and O–H groups in total. The molecule has 6 heterocycles. The lowest BCUT2D eigenvalue weighted by atomic mass is 9.36. The summed E-state index contributed by atoms with van der Waals surface area (Å²) in [7, 11) is 0. The van der Waals surface area contributed by atoms with E-state index in [1.807, 2.05) is 22.7 Å². The fraction of sp³-hybridized carbons (Fsp3) is 0.290. The second-order valence-electron chi connectivity index (χ2n) is 46.9. The smallest absolute Gasteiger partial charge is 0.264 e. The minimum absolute atomic E-state index is 0.000694. The van der Waals surface area contributed by atoms with E-state index < -0.39 is 5.41 Å². The number of thiophene rings is 2. The predicted molar refractivity (Wildman–Crippen MR) is 583 cm³/mol. The lowest BCUT2D eigenvalue weighted by Crippen LogP contribution is -2.60. The molecule has 0 unspecified atom stereocenters. The number of para-hydroxylation sites is 4. The van der Waals surface area contributed by atoms with Crippen molar-refractivity contribution in [3.05, 3.63) is 359 Å². The molecule has 0 bridgehead atoms. The number of fused-ring (bicyclic) bond motifs is 14. The fourth-order valence-electron chi connectivity index (χ4n) is 23.3. The van der Waals surface area contributed by atoms with Crippen molar-refractivity contribution in [3.8, 4) is 0 Å². The number of hydrogen-bond donors (Lipinski definition) is 0. The molecule has 0 radical (unpaired) electrons. The minimum Gasteiger partial charge on any atom is -0.311 e. The Hall–Kier alpha value is -12.1. The van der Waals surface area contributed by atoms with Crippen LogP contribution in [0.15, 0.2) is 303 Å².